The quantitative estimate of drug-likeness (QED) is 0.681. The zero-order chi connectivity index (χ0) is 19.5. The second-order valence-electron chi connectivity index (χ2n) is 6.98. The Labute approximate surface area is 163 Å². The number of hydrogen-bond acceptors (Lipinski definition) is 6. The number of aromatic nitrogens is 5. The molecule has 0 spiro atoms. The van der Waals surface area contributed by atoms with Crippen LogP contribution in [-0.4, -0.2) is 43.4 Å². The van der Waals surface area contributed by atoms with Crippen LogP contribution < -0.4 is 16.2 Å². The fourth-order valence-electron chi connectivity index (χ4n) is 3.59. The Hall–Kier alpha value is -3.18. The number of piperidine rings is 1. The number of anilines is 1. The molecule has 1 aliphatic rings. The lowest BCUT2D eigenvalue weighted by molar-refractivity contribution is 0.496. The minimum absolute atomic E-state index is 0.111. The van der Waals surface area contributed by atoms with Crippen LogP contribution >= 0.6 is 0 Å². The number of nitrogens with zero attached hydrogens (tertiary/aromatic N) is 6. The first kappa shape index (κ1) is 18.2. The van der Waals surface area contributed by atoms with Crippen LogP contribution in [0.4, 0.5) is 5.95 Å². The molecule has 0 saturated carbocycles. The highest BCUT2D eigenvalue weighted by atomic mass is 16.1. The molecule has 28 heavy (non-hydrogen) atoms. The van der Waals surface area contributed by atoms with Gasteiger partial charge in [-0.25, -0.2) is 9.67 Å². The Bertz CT molecular complexity index is 1090. The zero-order valence-corrected chi connectivity index (χ0v) is 15.9. The molecule has 4 rings (SSSR count). The van der Waals surface area contributed by atoms with Gasteiger partial charge in [-0.2, -0.15) is 5.10 Å². The molecule has 1 fully saturated rings. The molecule has 144 valence electrons. The van der Waals surface area contributed by atoms with Gasteiger partial charge >= 0.3 is 0 Å². The Kier molecular flexibility index (Phi) is 5.08. The van der Waals surface area contributed by atoms with Crippen LogP contribution in [0.15, 0.2) is 35.5 Å². The van der Waals surface area contributed by atoms with Crippen molar-refractivity contribution >= 4 is 17.0 Å². The highest BCUT2D eigenvalue weighted by molar-refractivity contribution is 5.77. The maximum atomic E-state index is 13.2. The molecule has 1 unspecified atom stereocenters. The standard InChI is InChI=1S/C20H23N7O/c1-2-3-10-26-18-17(24-20(26)25-9-5-7-16(21)14-25)12-23-27(19(18)28)13-15-6-4-8-22-11-15/h4,6,8,11-12,16H,5,7,9-10,13-14,21H2,1H3. The molecule has 0 amide bonds. The van der Waals surface area contributed by atoms with Crippen LogP contribution in [-0.2, 0) is 13.1 Å². The third-order valence-electron chi connectivity index (χ3n) is 4.94. The van der Waals surface area contributed by atoms with Gasteiger partial charge in [0, 0.05) is 31.5 Å². The fraction of sp³-hybridized carbons (Fsp3) is 0.400. The molecule has 3 aromatic rings. The van der Waals surface area contributed by atoms with Gasteiger partial charge in [0.2, 0.25) is 5.95 Å². The van der Waals surface area contributed by atoms with E-state index >= 15 is 0 Å². The summed E-state index contributed by atoms with van der Waals surface area (Å²) < 4.78 is 3.34. The fourth-order valence-corrected chi connectivity index (χ4v) is 3.59. The van der Waals surface area contributed by atoms with E-state index in [1.165, 1.54) is 4.68 Å². The normalized spacial score (nSPS) is 16.8. The molecular weight excluding hydrogens is 354 g/mol. The molecular formula is C20H23N7O. The summed E-state index contributed by atoms with van der Waals surface area (Å²) in [4.78, 5) is 24.2. The third-order valence-corrected chi connectivity index (χ3v) is 4.94. The number of pyridine rings is 1. The second-order valence-corrected chi connectivity index (χ2v) is 6.98. The summed E-state index contributed by atoms with van der Waals surface area (Å²) in [5, 5.41) is 4.32. The van der Waals surface area contributed by atoms with Crippen LogP contribution in [0.3, 0.4) is 0 Å². The van der Waals surface area contributed by atoms with E-state index in [9.17, 15) is 4.79 Å². The number of hydrogen-bond donors (Lipinski definition) is 1. The molecule has 3 aromatic heterocycles. The number of imidazole rings is 1. The van der Waals surface area contributed by atoms with Gasteiger partial charge in [-0.1, -0.05) is 12.0 Å². The molecule has 4 heterocycles. The molecule has 0 aliphatic carbocycles. The Balaban J connectivity index is 1.81. The van der Waals surface area contributed by atoms with Gasteiger partial charge in [0.1, 0.15) is 11.0 Å². The summed E-state index contributed by atoms with van der Waals surface area (Å²) in [6, 6.07) is 3.88. The van der Waals surface area contributed by atoms with Crippen LogP contribution in [0.1, 0.15) is 25.3 Å². The van der Waals surface area contributed by atoms with Gasteiger partial charge in [0.15, 0.2) is 0 Å². The van der Waals surface area contributed by atoms with Crippen LogP contribution in [0.5, 0.6) is 0 Å². The van der Waals surface area contributed by atoms with E-state index in [0.29, 0.717) is 24.1 Å². The summed E-state index contributed by atoms with van der Waals surface area (Å²) in [5.41, 5.74) is 8.00. The molecule has 8 heteroatoms. The van der Waals surface area contributed by atoms with Crippen LogP contribution in [0, 0.1) is 11.8 Å². The van der Waals surface area contributed by atoms with Crippen molar-refractivity contribution < 1.29 is 0 Å². The van der Waals surface area contributed by atoms with E-state index in [-0.39, 0.29) is 11.6 Å². The van der Waals surface area contributed by atoms with Gasteiger partial charge < -0.3 is 10.6 Å². The van der Waals surface area contributed by atoms with Gasteiger partial charge in [0.25, 0.3) is 5.56 Å². The average Bonchev–Trinajstić information content (AvgIpc) is 3.08. The number of rotatable bonds is 4. The molecule has 1 atom stereocenters. The van der Waals surface area contributed by atoms with Crippen LogP contribution in [0.25, 0.3) is 11.0 Å². The number of nitrogens with two attached hydrogens (primary N) is 1. The first-order valence-corrected chi connectivity index (χ1v) is 9.42. The topological polar surface area (TPSA) is 94.9 Å². The average molecular weight is 377 g/mol. The minimum atomic E-state index is -0.181. The van der Waals surface area contributed by atoms with Crippen molar-refractivity contribution in [2.75, 3.05) is 18.0 Å². The van der Waals surface area contributed by atoms with E-state index < -0.39 is 0 Å². The smallest absolute Gasteiger partial charge is 0.293 e. The minimum Gasteiger partial charge on any atom is -0.341 e. The van der Waals surface area contributed by atoms with Crippen molar-refractivity contribution in [3.8, 4) is 11.8 Å². The lowest BCUT2D eigenvalue weighted by Gasteiger charge is -2.31. The third kappa shape index (κ3) is 3.49. The first-order chi connectivity index (χ1) is 13.7. The van der Waals surface area contributed by atoms with Gasteiger partial charge in [-0.15, -0.1) is 5.92 Å². The first-order valence-electron chi connectivity index (χ1n) is 9.42. The highest BCUT2D eigenvalue weighted by Crippen LogP contribution is 2.23. The van der Waals surface area contributed by atoms with Crippen molar-refractivity contribution in [3.63, 3.8) is 0 Å². The molecule has 8 nitrogen and oxygen atoms in total. The van der Waals surface area contributed by atoms with Gasteiger partial charge in [0.05, 0.1) is 19.3 Å². The summed E-state index contributed by atoms with van der Waals surface area (Å²) in [7, 11) is 0. The second kappa shape index (κ2) is 7.82. The van der Waals surface area contributed by atoms with E-state index in [4.69, 9.17) is 10.7 Å². The van der Waals surface area contributed by atoms with Gasteiger partial charge in [-0.05, 0) is 31.4 Å². The Morgan fingerprint density at radius 3 is 3.00 bits per heavy atom. The van der Waals surface area contributed by atoms with E-state index in [1.807, 2.05) is 16.7 Å². The van der Waals surface area contributed by atoms with Crippen molar-refractivity contribution in [2.45, 2.75) is 38.9 Å². The van der Waals surface area contributed by atoms with E-state index in [0.717, 1.165) is 37.4 Å². The summed E-state index contributed by atoms with van der Waals surface area (Å²) >= 11 is 0. The molecule has 0 aromatic carbocycles. The van der Waals surface area contributed by atoms with Crippen molar-refractivity contribution in [1.29, 1.82) is 0 Å². The predicted octanol–water partition coefficient (Wildman–Crippen LogP) is 0.987. The highest BCUT2D eigenvalue weighted by Gasteiger charge is 2.24. The maximum Gasteiger partial charge on any atom is 0.293 e. The van der Waals surface area contributed by atoms with E-state index in [2.05, 4.69) is 26.8 Å². The monoisotopic (exact) mass is 377 g/mol. The van der Waals surface area contributed by atoms with Crippen LogP contribution in [0.2, 0.25) is 0 Å². The van der Waals surface area contributed by atoms with Crippen molar-refractivity contribution in [3.05, 3.63) is 46.6 Å². The summed E-state index contributed by atoms with van der Waals surface area (Å²) in [6.07, 6.45) is 7.10. The summed E-state index contributed by atoms with van der Waals surface area (Å²) in [6.45, 7) is 4.14. The van der Waals surface area contributed by atoms with Crippen molar-refractivity contribution in [2.24, 2.45) is 5.73 Å². The summed E-state index contributed by atoms with van der Waals surface area (Å²) in [5.74, 6) is 6.72. The van der Waals surface area contributed by atoms with Gasteiger partial charge in [-0.3, -0.25) is 14.3 Å². The zero-order valence-electron chi connectivity index (χ0n) is 15.9. The number of fused-ring (bicyclic) bond motifs is 1. The molecule has 0 radical (unpaired) electrons. The SMILES string of the molecule is CC#CCn1c(N2CCCC(N)C2)nc2cnn(Cc3cccnc3)c(=O)c21. The molecule has 1 saturated heterocycles. The Morgan fingerprint density at radius 1 is 1.36 bits per heavy atom. The largest absolute Gasteiger partial charge is 0.341 e. The molecule has 2 N–H and O–H groups in total. The lowest BCUT2D eigenvalue weighted by atomic mass is 10.1. The lowest BCUT2D eigenvalue weighted by Crippen LogP contribution is -2.44. The predicted molar refractivity (Wildman–Crippen MR) is 108 cm³/mol. The Morgan fingerprint density at radius 2 is 2.25 bits per heavy atom. The molecule has 0 bridgehead atoms. The van der Waals surface area contributed by atoms with Crippen molar-refractivity contribution in [1.82, 2.24) is 24.3 Å². The maximum absolute atomic E-state index is 13.2. The van der Waals surface area contributed by atoms with E-state index in [1.54, 1.807) is 25.5 Å². The molecule has 1 aliphatic heterocycles.